The van der Waals surface area contributed by atoms with Crippen LogP contribution >= 0.6 is 0 Å². The van der Waals surface area contributed by atoms with Crippen LogP contribution in [-0.2, 0) is 19.0 Å². The van der Waals surface area contributed by atoms with Gasteiger partial charge in [-0.3, -0.25) is 4.79 Å². The summed E-state index contributed by atoms with van der Waals surface area (Å²) in [5, 5.41) is 0. The summed E-state index contributed by atoms with van der Waals surface area (Å²) in [6.07, 6.45) is 2.20. The smallest absolute Gasteiger partial charge is 0.304 e. The van der Waals surface area contributed by atoms with E-state index in [4.69, 9.17) is 14.2 Å². The fraction of sp³-hybridized carbons (Fsp3) is 0.667. The minimum Gasteiger partial charge on any atom is -0.327 e. The minimum atomic E-state index is -1.24. The van der Waals surface area contributed by atoms with Gasteiger partial charge in [-0.05, 0) is 19.4 Å². The van der Waals surface area contributed by atoms with Crippen molar-refractivity contribution >= 4 is 6.29 Å². The molecule has 0 aliphatic rings. The fourth-order valence-corrected chi connectivity index (χ4v) is 0.875. The van der Waals surface area contributed by atoms with Crippen LogP contribution < -0.4 is 0 Å². The van der Waals surface area contributed by atoms with Crippen molar-refractivity contribution in [3.63, 3.8) is 0 Å². The molecule has 0 aliphatic heterocycles. The molecule has 0 aromatic carbocycles. The number of allylic oxidation sites excluding steroid dienone is 1. The average Bonchev–Trinajstić information content (AvgIpc) is 2.17. The molecule has 0 amide bonds. The zero-order valence-corrected chi connectivity index (χ0v) is 8.49. The molecule has 0 heterocycles. The predicted octanol–water partition coefficient (Wildman–Crippen LogP) is 1.11. The van der Waals surface area contributed by atoms with Crippen LogP contribution in [0.3, 0.4) is 0 Å². The van der Waals surface area contributed by atoms with E-state index in [0.29, 0.717) is 18.5 Å². The van der Waals surface area contributed by atoms with Crippen molar-refractivity contribution in [1.82, 2.24) is 0 Å². The van der Waals surface area contributed by atoms with Crippen LogP contribution in [0.5, 0.6) is 0 Å². The van der Waals surface area contributed by atoms with Crippen molar-refractivity contribution in [2.45, 2.75) is 19.8 Å². The molecule has 0 aromatic rings. The number of hydrogen-bond donors (Lipinski definition) is 0. The molecule has 0 bridgehead atoms. The third kappa shape index (κ3) is 3.67. The van der Waals surface area contributed by atoms with Crippen LogP contribution in [0.15, 0.2) is 11.6 Å². The van der Waals surface area contributed by atoms with E-state index in [1.54, 1.807) is 6.92 Å². The van der Waals surface area contributed by atoms with E-state index < -0.39 is 5.97 Å². The second kappa shape index (κ2) is 5.85. The van der Waals surface area contributed by atoms with Gasteiger partial charge in [-0.1, -0.05) is 0 Å². The molecule has 0 radical (unpaired) electrons. The van der Waals surface area contributed by atoms with Crippen LogP contribution in [0.2, 0.25) is 0 Å². The topological polar surface area (TPSA) is 44.8 Å². The molecule has 0 spiro atoms. The molecule has 13 heavy (non-hydrogen) atoms. The zero-order chi connectivity index (χ0) is 10.3. The van der Waals surface area contributed by atoms with E-state index in [2.05, 4.69) is 0 Å². The van der Waals surface area contributed by atoms with Gasteiger partial charge in [0.2, 0.25) is 0 Å². The number of carbonyl (C=O) groups excluding carboxylic acids is 1. The SMILES string of the molecule is CCOC(C=C(C)C=O)(OC)OC. The van der Waals surface area contributed by atoms with Crippen molar-refractivity contribution in [3.8, 4) is 0 Å². The maximum atomic E-state index is 10.4. The van der Waals surface area contributed by atoms with Crippen LogP contribution in [0, 0.1) is 0 Å². The Morgan fingerprint density at radius 3 is 2.23 bits per heavy atom. The van der Waals surface area contributed by atoms with Crippen LogP contribution in [0.25, 0.3) is 0 Å². The van der Waals surface area contributed by atoms with Gasteiger partial charge < -0.3 is 14.2 Å². The van der Waals surface area contributed by atoms with E-state index in [1.807, 2.05) is 6.92 Å². The lowest BCUT2D eigenvalue weighted by Crippen LogP contribution is -2.35. The standard InChI is InChI=1S/C9H16O4/c1-5-13-9(11-3,12-4)6-8(2)7-10/h6-7H,5H2,1-4H3. The first-order chi connectivity index (χ1) is 6.14. The molecule has 0 rings (SSSR count). The molecule has 4 heteroatoms. The van der Waals surface area contributed by atoms with Crippen LogP contribution in [-0.4, -0.2) is 33.1 Å². The maximum Gasteiger partial charge on any atom is 0.304 e. The Morgan fingerprint density at radius 1 is 1.38 bits per heavy atom. The summed E-state index contributed by atoms with van der Waals surface area (Å²) in [6.45, 7) is 3.90. The second-order valence-corrected chi connectivity index (χ2v) is 2.45. The highest BCUT2D eigenvalue weighted by Crippen LogP contribution is 2.16. The Bertz CT molecular complexity index is 182. The number of methoxy groups -OCH3 is 2. The van der Waals surface area contributed by atoms with Crippen molar-refractivity contribution in [3.05, 3.63) is 11.6 Å². The van der Waals surface area contributed by atoms with Crippen molar-refractivity contribution in [1.29, 1.82) is 0 Å². The molecule has 76 valence electrons. The molecule has 0 fully saturated rings. The van der Waals surface area contributed by atoms with Crippen LogP contribution in [0.1, 0.15) is 13.8 Å². The fourth-order valence-electron chi connectivity index (χ4n) is 0.875. The molecule has 0 N–H and O–H groups in total. The Kier molecular flexibility index (Phi) is 5.53. The van der Waals surface area contributed by atoms with Crippen molar-refractivity contribution in [2.24, 2.45) is 0 Å². The lowest BCUT2D eigenvalue weighted by atomic mass is 10.3. The molecular weight excluding hydrogens is 172 g/mol. The van der Waals surface area contributed by atoms with Crippen LogP contribution in [0.4, 0.5) is 0 Å². The third-order valence-corrected chi connectivity index (χ3v) is 1.50. The van der Waals surface area contributed by atoms with Gasteiger partial charge in [-0.25, -0.2) is 0 Å². The van der Waals surface area contributed by atoms with Gasteiger partial charge in [-0.2, -0.15) is 0 Å². The van der Waals surface area contributed by atoms with Gasteiger partial charge in [0.05, 0.1) is 0 Å². The van der Waals surface area contributed by atoms with E-state index in [0.717, 1.165) is 0 Å². The average molecular weight is 188 g/mol. The van der Waals surface area contributed by atoms with E-state index in [1.165, 1.54) is 20.3 Å². The monoisotopic (exact) mass is 188 g/mol. The first kappa shape index (κ1) is 12.3. The maximum absolute atomic E-state index is 10.4. The lowest BCUT2D eigenvalue weighted by Gasteiger charge is -2.26. The van der Waals surface area contributed by atoms with Gasteiger partial charge in [0.1, 0.15) is 6.29 Å². The summed E-state index contributed by atoms with van der Waals surface area (Å²) in [5.74, 6) is -1.24. The lowest BCUT2D eigenvalue weighted by molar-refractivity contribution is -0.328. The second-order valence-electron chi connectivity index (χ2n) is 2.45. The normalized spacial score (nSPS) is 13.1. The summed E-state index contributed by atoms with van der Waals surface area (Å²) in [5.41, 5.74) is 0.497. The van der Waals surface area contributed by atoms with Gasteiger partial charge in [0.25, 0.3) is 0 Å². The largest absolute Gasteiger partial charge is 0.327 e. The summed E-state index contributed by atoms with van der Waals surface area (Å²) < 4.78 is 15.3. The Hall–Kier alpha value is -0.710. The minimum absolute atomic E-state index is 0.435. The van der Waals surface area contributed by atoms with Crippen molar-refractivity contribution in [2.75, 3.05) is 20.8 Å². The number of aldehydes is 1. The molecule has 0 unspecified atom stereocenters. The van der Waals surface area contributed by atoms with E-state index in [9.17, 15) is 4.79 Å². The molecule has 0 atom stereocenters. The molecular formula is C9H16O4. The van der Waals surface area contributed by atoms with Gasteiger partial charge in [0.15, 0.2) is 0 Å². The molecule has 0 aromatic heterocycles. The summed E-state index contributed by atoms with van der Waals surface area (Å²) in [4.78, 5) is 10.4. The molecule has 0 saturated heterocycles. The quantitative estimate of drug-likeness (QED) is 0.356. The van der Waals surface area contributed by atoms with E-state index >= 15 is 0 Å². The summed E-state index contributed by atoms with van der Waals surface area (Å²) >= 11 is 0. The summed E-state index contributed by atoms with van der Waals surface area (Å²) in [7, 11) is 2.90. The van der Waals surface area contributed by atoms with Gasteiger partial charge >= 0.3 is 5.97 Å². The Balaban J connectivity index is 4.64. The molecule has 4 nitrogen and oxygen atoms in total. The third-order valence-electron chi connectivity index (χ3n) is 1.50. The predicted molar refractivity (Wildman–Crippen MR) is 48.2 cm³/mol. The number of carbonyl (C=O) groups is 1. The highest BCUT2D eigenvalue weighted by atomic mass is 16.9. The highest BCUT2D eigenvalue weighted by Gasteiger charge is 2.27. The number of ether oxygens (including phenoxy) is 3. The Morgan fingerprint density at radius 2 is 1.92 bits per heavy atom. The first-order valence-electron chi connectivity index (χ1n) is 4.03. The van der Waals surface area contributed by atoms with E-state index in [-0.39, 0.29) is 0 Å². The zero-order valence-electron chi connectivity index (χ0n) is 8.49. The number of hydrogen-bond acceptors (Lipinski definition) is 4. The highest BCUT2D eigenvalue weighted by molar-refractivity contribution is 5.72. The molecule has 0 aliphatic carbocycles. The van der Waals surface area contributed by atoms with Gasteiger partial charge in [-0.15, -0.1) is 0 Å². The summed E-state index contributed by atoms with van der Waals surface area (Å²) in [6, 6.07) is 0. The van der Waals surface area contributed by atoms with Gasteiger partial charge in [0, 0.05) is 26.9 Å². The molecule has 0 saturated carbocycles. The van der Waals surface area contributed by atoms with Crippen molar-refractivity contribution < 1.29 is 19.0 Å². The Labute approximate surface area is 78.5 Å². The first-order valence-corrected chi connectivity index (χ1v) is 4.03. The number of rotatable bonds is 6.